The predicted octanol–water partition coefficient (Wildman–Crippen LogP) is 4.31. The lowest BCUT2D eigenvalue weighted by Gasteiger charge is -2.26. The average molecular weight is 292 g/mol. The van der Waals surface area contributed by atoms with E-state index in [1.807, 2.05) is 69.3 Å². The lowest BCUT2D eigenvalue weighted by Crippen LogP contribution is -2.30. The van der Waals surface area contributed by atoms with Gasteiger partial charge in [0, 0.05) is 11.0 Å². The maximum atomic E-state index is 12.2. The lowest BCUT2D eigenvalue weighted by atomic mass is 9.89. The third kappa shape index (κ3) is 4.49. The van der Waals surface area contributed by atoms with Gasteiger partial charge in [-0.05, 0) is 24.3 Å². The van der Waals surface area contributed by atoms with Gasteiger partial charge < -0.3 is 4.74 Å². The fraction of sp³-hybridized carbons (Fsp3) is 0.250. The fourth-order valence-corrected chi connectivity index (χ4v) is 1.84. The van der Waals surface area contributed by atoms with E-state index in [-0.39, 0.29) is 11.4 Å². The van der Waals surface area contributed by atoms with Gasteiger partial charge in [0.05, 0.1) is 5.56 Å². The summed E-state index contributed by atoms with van der Waals surface area (Å²) in [6.07, 6.45) is -0.472. The molecule has 0 aliphatic carbocycles. The van der Waals surface area contributed by atoms with Crippen molar-refractivity contribution in [2.75, 3.05) is 0 Å². The van der Waals surface area contributed by atoms with Crippen LogP contribution in [0.3, 0.4) is 0 Å². The molecule has 2 aromatic rings. The highest BCUT2D eigenvalue weighted by Crippen LogP contribution is 2.23. The Morgan fingerprint density at radius 1 is 0.955 bits per heavy atom. The first-order chi connectivity index (χ1) is 10.5. The molecule has 2 aromatic carbocycles. The van der Waals surface area contributed by atoms with Gasteiger partial charge in [-0.1, -0.05) is 69.0 Å². The molecule has 2 rings (SSSR count). The van der Waals surface area contributed by atoms with Crippen LogP contribution in [0.5, 0.6) is 0 Å². The van der Waals surface area contributed by atoms with Crippen molar-refractivity contribution in [3.63, 3.8) is 0 Å². The summed E-state index contributed by atoms with van der Waals surface area (Å²) >= 11 is 0. The summed E-state index contributed by atoms with van der Waals surface area (Å²) < 4.78 is 5.61. The van der Waals surface area contributed by atoms with E-state index in [0.29, 0.717) is 5.56 Å². The minimum atomic E-state index is -0.472. The van der Waals surface area contributed by atoms with Crippen LogP contribution >= 0.6 is 0 Å². The van der Waals surface area contributed by atoms with E-state index in [4.69, 9.17) is 4.74 Å². The van der Waals surface area contributed by atoms with Crippen LogP contribution in [0.1, 0.15) is 36.7 Å². The number of hydrogen-bond donors (Lipinski definition) is 0. The van der Waals surface area contributed by atoms with Crippen molar-refractivity contribution in [2.24, 2.45) is 5.41 Å². The molecule has 0 spiro atoms. The van der Waals surface area contributed by atoms with Gasteiger partial charge in [0.1, 0.15) is 0 Å². The molecule has 0 bridgehead atoms. The standard InChI is InChI=1S/C20H20O2/c1-20(2,3)18(15-14-16-10-6-4-7-11-16)22-19(21)17-12-8-5-9-13-17/h4-13,18H,1-3H3. The average Bonchev–Trinajstić information content (AvgIpc) is 2.52. The second kappa shape index (κ2) is 6.95. The topological polar surface area (TPSA) is 26.3 Å². The molecule has 0 aliphatic rings. The maximum Gasteiger partial charge on any atom is 0.339 e. The first kappa shape index (κ1) is 15.9. The van der Waals surface area contributed by atoms with Crippen LogP contribution in [0.15, 0.2) is 60.7 Å². The molecule has 0 aromatic heterocycles. The van der Waals surface area contributed by atoms with Crippen molar-refractivity contribution >= 4 is 5.97 Å². The molecule has 112 valence electrons. The van der Waals surface area contributed by atoms with Crippen molar-refractivity contribution < 1.29 is 9.53 Å². The van der Waals surface area contributed by atoms with Crippen LogP contribution in [0.4, 0.5) is 0 Å². The minimum absolute atomic E-state index is 0.258. The zero-order chi connectivity index (χ0) is 16.0. The van der Waals surface area contributed by atoms with E-state index >= 15 is 0 Å². The largest absolute Gasteiger partial charge is 0.445 e. The molecule has 2 nitrogen and oxygen atoms in total. The van der Waals surface area contributed by atoms with Crippen molar-refractivity contribution in [3.8, 4) is 11.8 Å². The third-order valence-electron chi connectivity index (χ3n) is 3.14. The van der Waals surface area contributed by atoms with Gasteiger partial charge in [0.15, 0.2) is 6.10 Å². The van der Waals surface area contributed by atoms with Crippen molar-refractivity contribution in [1.82, 2.24) is 0 Å². The molecule has 1 atom stereocenters. The SMILES string of the molecule is CC(C)(C)C(C#Cc1ccccc1)OC(=O)c1ccccc1. The summed E-state index contributed by atoms with van der Waals surface area (Å²) in [5, 5.41) is 0. The molecule has 2 heteroatoms. The molecule has 0 aliphatic heterocycles. The Labute approximate surface area is 132 Å². The Hall–Kier alpha value is -2.53. The molecule has 0 amide bonds. The van der Waals surface area contributed by atoms with Gasteiger partial charge in [-0.3, -0.25) is 0 Å². The maximum absolute atomic E-state index is 12.2. The smallest absolute Gasteiger partial charge is 0.339 e. The first-order valence-electron chi connectivity index (χ1n) is 7.29. The Kier molecular flexibility index (Phi) is 5.01. The molecule has 0 saturated carbocycles. The number of ether oxygens (including phenoxy) is 1. The van der Waals surface area contributed by atoms with Crippen LogP contribution in [-0.2, 0) is 4.74 Å². The zero-order valence-electron chi connectivity index (χ0n) is 13.2. The Morgan fingerprint density at radius 3 is 2.05 bits per heavy atom. The molecule has 0 saturated heterocycles. The Bertz CT molecular complexity index is 670. The summed E-state index contributed by atoms with van der Waals surface area (Å²) in [6, 6.07) is 18.7. The Balaban J connectivity index is 2.18. The van der Waals surface area contributed by atoms with Crippen molar-refractivity contribution in [2.45, 2.75) is 26.9 Å². The van der Waals surface area contributed by atoms with Crippen LogP contribution < -0.4 is 0 Å². The fourth-order valence-electron chi connectivity index (χ4n) is 1.84. The molecule has 1 unspecified atom stereocenters. The first-order valence-corrected chi connectivity index (χ1v) is 7.29. The monoisotopic (exact) mass is 292 g/mol. The molecule has 0 fully saturated rings. The van der Waals surface area contributed by atoms with Gasteiger partial charge in [0.25, 0.3) is 0 Å². The number of esters is 1. The Morgan fingerprint density at radius 2 is 1.50 bits per heavy atom. The van der Waals surface area contributed by atoms with Crippen molar-refractivity contribution in [1.29, 1.82) is 0 Å². The van der Waals surface area contributed by atoms with Gasteiger partial charge in [-0.15, -0.1) is 0 Å². The summed E-state index contributed by atoms with van der Waals surface area (Å²) in [5.41, 5.74) is 1.19. The van der Waals surface area contributed by atoms with E-state index in [0.717, 1.165) is 5.56 Å². The summed E-state index contributed by atoms with van der Waals surface area (Å²) in [6.45, 7) is 6.03. The lowest BCUT2D eigenvalue weighted by molar-refractivity contribution is 0.0179. The van der Waals surface area contributed by atoms with Gasteiger partial charge >= 0.3 is 5.97 Å². The summed E-state index contributed by atoms with van der Waals surface area (Å²) in [4.78, 5) is 12.2. The molecule has 0 radical (unpaired) electrons. The number of hydrogen-bond acceptors (Lipinski definition) is 2. The molecule has 0 heterocycles. The van der Waals surface area contributed by atoms with E-state index < -0.39 is 6.10 Å². The van der Waals surface area contributed by atoms with Crippen LogP contribution in [-0.4, -0.2) is 12.1 Å². The van der Waals surface area contributed by atoms with Crippen LogP contribution in [0.25, 0.3) is 0 Å². The number of carbonyl (C=O) groups is 1. The summed E-state index contributed by atoms with van der Waals surface area (Å²) in [5.74, 6) is 5.82. The second-order valence-electron chi connectivity index (χ2n) is 6.15. The van der Waals surface area contributed by atoms with Gasteiger partial charge in [-0.25, -0.2) is 4.79 Å². The van der Waals surface area contributed by atoms with E-state index in [2.05, 4.69) is 11.8 Å². The normalized spacial score (nSPS) is 12.0. The molecule has 0 N–H and O–H groups in total. The highest BCUT2D eigenvalue weighted by Gasteiger charge is 2.27. The summed E-state index contributed by atoms with van der Waals surface area (Å²) in [7, 11) is 0. The molecular formula is C20H20O2. The molecule has 22 heavy (non-hydrogen) atoms. The van der Waals surface area contributed by atoms with Crippen LogP contribution in [0.2, 0.25) is 0 Å². The minimum Gasteiger partial charge on any atom is -0.445 e. The highest BCUT2D eigenvalue weighted by atomic mass is 16.5. The molecular weight excluding hydrogens is 272 g/mol. The van der Waals surface area contributed by atoms with E-state index in [1.54, 1.807) is 12.1 Å². The number of rotatable bonds is 2. The second-order valence-corrected chi connectivity index (χ2v) is 6.15. The number of carbonyl (C=O) groups excluding carboxylic acids is 1. The van der Waals surface area contributed by atoms with Gasteiger partial charge in [-0.2, -0.15) is 0 Å². The quantitative estimate of drug-likeness (QED) is 0.609. The van der Waals surface area contributed by atoms with E-state index in [9.17, 15) is 4.79 Å². The zero-order valence-corrected chi connectivity index (χ0v) is 13.2. The predicted molar refractivity (Wildman–Crippen MR) is 88.4 cm³/mol. The van der Waals surface area contributed by atoms with Crippen molar-refractivity contribution in [3.05, 3.63) is 71.8 Å². The van der Waals surface area contributed by atoms with Crippen LogP contribution in [0, 0.1) is 17.3 Å². The number of benzene rings is 2. The van der Waals surface area contributed by atoms with E-state index in [1.165, 1.54) is 0 Å². The third-order valence-corrected chi connectivity index (χ3v) is 3.14. The van der Waals surface area contributed by atoms with Gasteiger partial charge in [0.2, 0.25) is 0 Å². The highest BCUT2D eigenvalue weighted by molar-refractivity contribution is 5.89.